The molecule has 8 rings (SSSR count). The van der Waals surface area contributed by atoms with Crippen LogP contribution in [0.4, 0.5) is 0 Å². The van der Waals surface area contributed by atoms with Crippen LogP contribution in [0.15, 0.2) is 143 Å². The van der Waals surface area contributed by atoms with Crippen molar-refractivity contribution in [1.82, 2.24) is 0 Å². The molecule has 15 heteroatoms. The molecule has 4 atom stereocenters. The molecule has 0 saturated heterocycles. The molecule has 420 valence electrons. The fourth-order valence-electron chi connectivity index (χ4n) is 9.87. The van der Waals surface area contributed by atoms with E-state index in [1.807, 2.05) is 102 Å². The van der Waals surface area contributed by atoms with Gasteiger partial charge in [-0.1, -0.05) is 57.2 Å². The van der Waals surface area contributed by atoms with E-state index in [-0.39, 0.29) is 51.2 Å². The van der Waals surface area contributed by atoms with Gasteiger partial charge in [-0.2, -0.15) is 0 Å². The van der Waals surface area contributed by atoms with Crippen LogP contribution < -0.4 is 37.9 Å². The Morgan fingerprint density at radius 3 is 1.06 bits per heavy atom. The molecule has 0 spiro atoms. The predicted octanol–water partition coefficient (Wildman–Crippen LogP) is 13.5. The van der Waals surface area contributed by atoms with Gasteiger partial charge in [-0.25, -0.2) is 0 Å². The molecule has 2 aliphatic heterocycles. The average molecular weight is 1110 g/mol. The van der Waals surface area contributed by atoms with Crippen LogP contribution in [0.1, 0.15) is 87.0 Å². The van der Waals surface area contributed by atoms with Crippen molar-refractivity contribution in [3.63, 3.8) is 0 Å². The summed E-state index contributed by atoms with van der Waals surface area (Å²) in [5.74, 6) is 9.07. The zero-order valence-electron chi connectivity index (χ0n) is 46.3. The van der Waals surface area contributed by atoms with Gasteiger partial charge in [0.1, 0.15) is 52.6 Å². The summed E-state index contributed by atoms with van der Waals surface area (Å²) < 4.78 is 66.2. The summed E-state index contributed by atoms with van der Waals surface area (Å²) in [5.41, 5.74) is 5.16. The Morgan fingerprint density at radius 2 is 0.718 bits per heavy atom. The largest absolute Gasteiger partial charge is 0.494 e. The molecule has 0 fully saturated rings. The fraction of sp³-hybridized carbons (Fsp3) is 0.429. The van der Waals surface area contributed by atoms with Crippen molar-refractivity contribution in [2.45, 2.75) is 85.3 Å². The van der Waals surface area contributed by atoms with Gasteiger partial charge >= 0.3 is 0 Å². The molecule has 6 aromatic rings. The van der Waals surface area contributed by atoms with E-state index in [1.54, 1.807) is 28.4 Å². The number of fused-ring (bicyclic) bond motifs is 2. The van der Waals surface area contributed by atoms with E-state index in [2.05, 4.69) is 75.4 Å². The third kappa shape index (κ3) is 16.6. The Balaban J connectivity index is 0.000000226. The Kier molecular flexibility index (Phi) is 23.9. The van der Waals surface area contributed by atoms with Gasteiger partial charge < -0.3 is 61.9 Å². The van der Waals surface area contributed by atoms with E-state index in [1.165, 1.54) is 32.0 Å². The smallest absolute Gasteiger partial charge is 0.188 e. The molecule has 13 nitrogen and oxygen atoms in total. The number of hydrogen-bond acceptors (Lipinski definition) is 15. The second kappa shape index (κ2) is 31.1. The summed E-state index contributed by atoms with van der Waals surface area (Å²) in [6.07, 6.45) is 4.82. The van der Waals surface area contributed by atoms with Crippen LogP contribution >= 0.6 is 23.5 Å². The number of aliphatic hydroxyl groups excluding tert-OH is 1. The molecule has 0 bridgehead atoms. The lowest BCUT2D eigenvalue weighted by Gasteiger charge is -2.43. The third-order valence-corrected chi connectivity index (χ3v) is 16.8. The van der Waals surface area contributed by atoms with E-state index in [0.717, 1.165) is 96.2 Å². The first kappa shape index (κ1) is 59.9. The Labute approximate surface area is 470 Å². The summed E-state index contributed by atoms with van der Waals surface area (Å²) in [5, 5.41) is 8.92. The number of aliphatic hydroxyl groups is 1. The lowest BCUT2D eigenvalue weighted by Crippen LogP contribution is -2.36. The fourth-order valence-corrected chi connectivity index (χ4v) is 12.7. The summed E-state index contributed by atoms with van der Waals surface area (Å²) >= 11 is 3.76. The van der Waals surface area contributed by atoms with Crippen LogP contribution in [0.5, 0.6) is 46.0 Å². The lowest BCUT2D eigenvalue weighted by atomic mass is 9.68. The van der Waals surface area contributed by atoms with Gasteiger partial charge in [0.2, 0.25) is 0 Å². The second-order valence-corrected chi connectivity index (χ2v) is 21.5. The van der Waals surface area contributed by atoms with Crippen LogP contribution in [0.25, 0.3) is 0 Å². The van der Waals surface area contributed by atoms with E-state index >= 15 is 0 Å². The minimum Gasteiger partial charge on any atom is -0.494 e. The van der Waals surface area contributed by atoms with Crippen molar-refractivity contribution in [1.29, 1.82) is 0 Å². The van der Waals surface area contributed by atoms with E-state index in [0.29, 0.717) is 25.0 Å². The van der Waals surface area contributed by atoms with Crippen molar-refractivity contribution >= 4 is 23.5 Å². The van der Waals surface area contributed by atoms with Crippen molar-refractivity contribution in [2.24, 2.45) is 0 Å². The molecule has 4 unspecified atom stereocenters. The number of rotatable bonds is 30. The molecular weight excluding hydrogens is 1030 g/mol. The maximum atomic E-state index is 8.92. The van der Waals surface area contributed by atoms with Gasteiger partial charge in [-0.05, 0) is 163 Å². The van der Waals surface area contributed by atoms with Crippen LogP contribution in [0, 0.1) is 0 Å². The average Bonchev–Trinajstić information content (AvgIpc) is 3.48. The molecule has 0 aliphatic carbocycles. The standard InChI is InChI=1S/C32H40O6S.C31H38O7S/c1-5-18-35-25-12-14-26(15-13-25)36-19-6-7-30-29-17-16-28(38-23-34-4)20-31(29)39-21-32(30,2)24-8-10-27(11-9-24)37-22-33-3;1-31(23-6-8-26(9-7-23)37-21-33-2)20-39-30-19-27(38-22-34-3)14-15-28(30)29(31)5-4-17-35-24-10-12-25(13-11-24)36-18-16-32/h8-17,20,30H,5-7,18-19,21-23H2,1-4H3;6-15,19,29,32H,4-5,16-18,20-22H2,1-3H3. The molecule has 78 heavy (non-hydrogen) atoms. The number of benzene rings is 6. The van der Waals surface area contributed by atoms with Crippen LogP contribution in [0.3, 0.4) is 0 Å². The van der Waals surface area contributed by atoms with Crippen molar-refractivity contribution in [3.8, 4) is 46.0 Å². The highest BCUT2D eigenvalue weighted by Crippen LogP contribution is 2.54. The molecule has 2 heterocycles. The summed E-state index contributed by atoms with van der Waals surface area (Å²) in [4.78, 5) is 2.53. The minimum absolute atomic E-state index is 0.00674. The molecule has 0 saturated carbocycles. The van der Waals surface area contributed by atoms with Crippen molar-refractivity contribution < 1.29 is 61.9 Å². The first-order valence-corrected chi connectivity index (χ1v) is 28.7. The molecule has 0 amide bonds. The molecule has 0 radical (unpaired) electrons. The molecule has 2 aliphatic rings. The molecule has 6 aromatic carbocycles. The molecular formula is C63H78O13S2. The third-order valence-electron chi connectivity index (χ3n) is 14.0. The van der Waals surface area contributed by atoms with E-state index < -0.39 is 0 Å². The van der Waals surface area contributed by atoms with Gasteiger partial charge in [0.15, 0.2) is 27.2 Å². The Hall–Kier alpha value is -5.78. The topological polar surface area (TPSA) is 131 Å². The maximum Gasteiger partial charge on any atom is 0.188 e. The number of ether oxygens (including phenoxy) is 12. The van der Waals surface area contributed by atoms with Gasteiger partial charge in [0.05, 0.1) is 26.4 Å². The maximum absolute atomic E-state index is 8.92. The highest BCUT2D eigenvalue weighted by atomic mass is 32.2. The van der Waals surface area contributed by atoms with Crippen LogP contribution in [-0.2, 0) is 29.8 Å². The molecule has 0 aromatic heterocycles. The van der Waals surface area contributed by atoms with Crippen LogP contribution in [-0.4, -0.2) is 105 Å². The van der Waals surface area contributed by atoms with Gasteiger partial charge in [0, 0.05) is 60.6 Å². The van der Waals surface area contributed by atoms with Crippen molar-refractivity contribution in [3.05, 3.63) is 156 Å². The lowest BCUT2D eigenvalue weighted by molar-refractivity contribution is 0.0507. The highest BCUT2D eigenvalue weighted by molar-refractivity contribution is 7.99. The summed E-state index contributed by atoms with van der Waals surface area (Å²) in [6, 6.07) is 45.1. The Bertz CT molecular complexity index is 2490. The van der Waals surface area contributed by atoms with Crippen molar-refractivity contribution in [2.75, 3.05) is 100 Å². The quantitative estimate of drug-likeness (QED) is 0.0339. The number of hydrogen-bond donors (Lipinski definition) is 1. The first-order valence-electron chi connectivity index (χ1n) is 26.7. The van der Waals surface area contributed by atoms with Gasteiger partial charge in [-0.3, -0.25) is 0 Å². The summed E-state index contributed by atoms with van der Waals surface area (Å²) in [7, 11) is 6.51. The predicted molar refractivity (Wildman–Crippen MR) is 308 cm³/mol. The zero-order chi connectivity index (χ0) is 55.0. The van der Waals surface area contributed by atoms with Crippen LogP contribution in [0.2, 0.25) is 0 Å². The first-order chi connectivity index (χ1) is 38.1. The number of thioether (sulfide) groups is 2. The van der Waals surface area contributed by atoms with E-state index in [4.69, 9.17) is 61.9 Å². The SMILES string of the molecule is CCCOc1ccc(OCCCC2c3ccc(OCOC)cc3SCC2(C)c2ccc(OCOC)cc2)cc1.COCOc1ccc(C2(C)CSc3cc(OCOC)ccc3C2CCCOc2ccc(OCCO)cc2)cc1. The zero-order valence-corrected chi connectivity index (χ0v) is 48.0. The highest BCUT2D eigenvalue weighted by Gasteiger charge is 2.43. The Morgan fingerprint density at radius 1 is 0.410 bits per heavy atom. The monoisotopic (exact) mass is 1110 g/mol. The second-order valence-electron chi connectivity index (χ2n) is 19.5. The van der Waals surface area contributed by atoms with Gasteiger partial charge in [-0.15, -0.1) is 23.5 Å². The summed E-state index contributed by atoms with van der Waals surface area (Å²) in [6.45, 7) is 10.1. The van der Waals surface area contributed by atoms with Gasteiger partial charge in [0.25, 0.3) is 0 Å². The molecule has 1 N–H and O–H groups in total. The normalized spacial score (nSPS) is 18.3. The number of methoxy groups -OCH3 is 4. The van der Waals surface area contributed by atoms with E-state index in [9.17, 15) is 0 Å². The minimum atomic E-state index is -0.0714.